The molecule has 0 saturated carbocycles. The van der Waals surface area contributed by atoms with Crippen LogP contribution in [0.1, 0.15) is 24.2 Å². The molecule has 2 rings (SSSR count). The minimum atomic E-state index is -0.693. The molecule has 1 heterocycles. The third kappa shape index (κ3) is 2.82. The van der Waals surface area contributed by atoms with E-state index in [0.717, 1.165) is 0 Å². The third-order valence-corrected chi connectivity index (χ3v) is 3.18. The van der Waals surface area contributed by atoms with Gasteiger partial charge in [0.25, 0.3) is 11.7 Å². The highest BCUT2D eigenvalue weighted by atomic mass is 35.5. The van der Waals surface area contributed by atoms with Gasteiger partial charge in [-0.2, -0.15) is 0 Å². The van der Waals surface area contributed by atoms with Crippen LogP contribution >= 0.6 is 11.6 Å². The summed E-state index contributed by atoms with van der Waals surface area (Å²) in [5.74, 6) is -1.29. The molecule has 6 heteroatoms. The van der Waals surface area contributed by atoms with E-state index in [-0.39, 0.29) is 18.0 Å². The Balaban J connectivity index is 2.16. The zero-order chi connectivity index (χ0) is 14.9. The number of fused-ring (bicyclic) bond motifs is 1. The molecule has 0 aliphatic carbocycles. The Bertz CT molecular complexity index is 584. The van der Waals surface area contributed by atoms with Crippen molar-refractivity contribution in [3.05, 3.63) is 28.8 Å². The Labute approximate surface area is 121 Å². The molecule has 0 bridgehead atoms. The van der Waals surface area contributed by atoms with Crippen LogP contribution in [0.15, 0.2) is 18.2 Å². The van der Waals surface area contributed by atoms with E-state index in [1.807, 2.05) is 13.8 Å². The summed E-state index contributed by atoms with van der Waals surface area (Å²) in [6, 6.07) is 4.62. The quantitative estimate of drug-likeness (QED) is 0.859. The van der Waals surface area contributed by atoms with Crippen LogP contribution in [-0.4, -0.2) is 30.7 Å². The first-order valence-electron chi connectivity index (χ1n) is 6.32. The molecule has 0 fully saturated rings. The average Bonchev–Trinajstić information content (AvgIpc) is 2.61. The molecule has 0 unspecified atom stereocenters. The summed E-state index contributed by atoms with van der Waals surface area (Å²) in [5.41, 5.74) is 0.684. The number of rotatable bonds is 4. The summed E-state index contributed by atoms with van der Waals surface area (Å²) in [5, 5.41) is 3.10. The SMILES string of the molecule is CC(C)CNC(=O)CN1C(=O)C(=O)c2cc(Cl)ccc21. The van der Waals surface area contributed by atoms with E-state index in [1.54, 1.807) is 12.1 Å². The number of benzene rings is 1. The van der Waals surface area contributed by atoms with Crippen molar-refractivity contribution in [2.75, 3.05) is 18.0 Å². The highest BCUT2D eigenvalue weighted by Crippen LogP contribution is 2.30. The van der Waals surface area contributed by atoms with Crippen LogP contribution in [0.2, 0.25) is 5.02 Å². The van der Waals surface area contributed by atoms with Crippen LogP contribution in [0.4, 0.5) is 5.69 Å². The number of nitrogens with zero attached hydrogens (tertiary/aromatic N) is 1. The van der Waals surface area contributed by atoms with Crippen molar-refractivity contribution >= 4 is 34.9 Å². The number of Topliss-reactive ketones (excluding diaryl/α,β-unsaturated/α-hetero) is 1. The van der Waals surface area contributed by atoms with Gasteiger partial charge in [0.15, 0.2) is 0 Å². The fourth-order valence-corrected chi connectivity index (χ4v) is 2.12. The average molecular weight is 295 g/mol. The maximum Gasteiger partial charge on any atom is 0.299 e. The van der Waals surface area contributed by atoms with Crippen molar-refractivity contribution < 1.29 is 14.4 Å². The van der Waals surface area contributed by atoms with Crippen LogP contribution in [0.25, 0.3) is 0 Å². The lowest BCUT2D eigenvalue weighted by Crippen LogP contribution is -2.41. The molecule has 0 saturated heterocycles. The maximum atomic E-state index is 11.9. The van der Waals surface area contributed by atoms with Crippen molar-refractivity contribution in [3.8, 4) is 0 Å². The molecule has 0 radical (unpaired) electrons. The van der Waals surface area contributed by atoms with E-state index in [9.17, 15) is 14.4 Å². The number of amides is 2. The van der Waals surface area contributed by atoms with Gasteiger partial charge in [0, 0.05) is 11.6 Å². The summed E-state index contributed by atoms with van der Waals surface area (Å²) in [6.45, 7) is 4.32. The predicted octanol–water partition coefficient (Wildman–Crippen LogP) is 1.64. The van der Waals surface area contributed by atoms with Crippen molar-refractivity contribution in [1.29, 1.82) is 0 Å². The third-order valence-electron chi connectivity index (χ3n) is 2.94. The van der Waals surface area contributed by atoms with Gasteiger partial charge in [-0.15, -0.1) is 0 Å². The van der Waals surface area contributed by atoms with Gasteiger partial charge in [-0.3, -0.25) is 19.3 Å². The molecule has 0 spiro atoms. The van der Waals surface area contributed by atoms with Gasteiger partial charge in [-0.05, 0) is 24.1 Å². The molecule has 2 amide bonds. The molecule has 1 aromatic carbocycles. The molecule has 0 atom stereocenters. The topological polar surface area (TPSA) is 66.5 Å². The standard InChI is InChI=1S/C14H15ClN2O3/c1-8(2)6-16-12(18)7-17-11-4-3-9(15)5-10(11)13(19)14(17)20/h3-5,8H,6-7H2,1-2H3,(H,16,18). The van der Waals surface area contributed by atoms with Crippen LogP contribution < -0.4 is 10.2 Å². The predicted molar refractivity (Wildman–Crippen MR) is 76.0 cm³/mol. The fraction of sp³-hybridized carbons (Fsp3) is 0.357. The number of halogens is 1. The van der Waals surface area contributed by atoms with E-state index >= 15 is 0 Å². The summed E-state index contributed by atoms with van der Waals surface area (Å²) in [4.78, 5) is 36.7. The van der Waals surface area contributed by atoms with Crippen molar-refractivity contribution in [1.82, 2.24) is 5.32 Å². The Morgan fingerprint density at radius 2 is 2.05 bits per heavy atom. The molecule has 1 N–H and O–H groups in total. The monoisotopic (exact) mass is 294 g/mol. The van der Waals surface area contributed by atoms with Gasteiger partial charge in [0.1, 0.15) is 6.54 Å². The first-order chi connectivity index (χ1) is 9.40. The van der Waals surface area contributed by atoms with Gasteiger partial charge < -0.3 is 5.32 Å². The Kier molecular flexibility index (Phi) is 4.09. The second-order valence-electron chi connectivity index (χ2n) is 5.08. The van der Waals surface area contributed by atoms with Crippen LogP contribution in [0, 0.1) is 5.92 Å². The van der Waals surface area contributed by atoms with E-state index in [2.05, 4.69) is 5.32 Å². The minimum Gasteiger partial charge on any atom is -0.354 e. The molecule has 1 aliphatic heterocycles. The van der Waals surface area contributed by atoms with Gasteiger partial charge in [0.2, 0.25) is 5.91 Å². The van der Waals surface area contributed by atoms with Gasteiger partial charge >= 0.3 is 0 Å². The number of hydrogen-bond acceptors (Lipinski definition) is 3. The van der Waals surface area contributed by atoms with Crippen LogP contribution in [0.3, 0.4) is 0 Å². The molecule has 1 aliphatic rings. The smallest absolute Gasteiger partial charge is 0.299 e. The van der Waals surface area contributed by atoms with Crippen molar-refractivity contribution in [2.45, 2.75) is 13.8 Å². The summed E-state index contributed by atoms with van der Waals surface area (Å²) < 4.78 is 0. The molecule has 106 valence electrons. The van der Waals surface area contributed by atoms with E-state index in [4.69, 9.17) is 11.6 Å². The minimum absolute atomic E-state index is 0.161. The molecule has 0 aromatic heterocycles. The Morgan fingerprint density at radius 3 is 2.70 bits per heavy atom. The molecular formula is C14H15ClN2O3. The molecule has 5 nitrogen and oxygen atoms in total. The highest BCUT2D eigenvalue weighted by molar-refractivity contribution is 6.53. The van der Waals surface area contributed by atoms with Crippen LogP contribution in [0.5, 0.6) is 0 Å². The van der Waals surface area contributed by atoms with Crippen molar-refractivity contribution in [2.24, 2.45) is 5.92 Å². The first kappa shape index (κ1) is 14.5. The summed E-state index contributed by atoms with van der Waals surface area (Å²) in [7, 11) is 0. The first-order valence-corrected chi connectivity index (χ1v) is 6.70. The lowest BCUT2D eigenvalue weighted by molar-refractivity contribution is -0.122. The lowest BCUT2D eigenvalue weighted by atomic mass is 10.1. The van der Waals surface area contributed by atoms with Gasteiger partial charge in [0.05, 0.1) is 11.3 Å². The lowest BCUT2D eigenvalue weighted by Gasteiger charge is -2.16. The normalized spacial score (nSPS) is 13.9. The number of nitrogens with one attached hydrogen (secondary N) is 1. The number of hydrogen-bond donors (Lipinski definition) is 1. The number of anilines is 1. The maximum absolute atomic E-state index is 11.9. The fourth-order valence-electron chi connectivity index (χ4n) is 1.95. The zero-order valence-corrected chi connectivity index (χ0v) is 12.0. The van der Waals surface area contributed by atoms with E-state index < -0.39 is 11.7 Å². The molecular weight excluding hydrogens is 280 g/mol. The van der Waals surface area contributed by atoms with E-state index in [0.29, 0.717) is 23.2 Å². The number of carbonyl (C=O) groups is 3. The second kappa shape index (κ2) is 5.63. The number of carbonyl (C=O) groups excluding carboxylic acids is 3. The molecule has 1 aromatic rings. The Morgan fingerprint density at radius 1 is 1.35 bits per heavy atom. The molecule has 20 heavy (non-hydrogen) atoms. The summed E-state index contributed by atoms with van der Waals surface area (Å²) >= 11 is 5.81. The zero-order valence-electron chi connectivity index (χ0n) is 11.3. The second-order valence-corrected chi connectivity index (χ2v) is 5.52. The highest BCUT2D eigenvalue weighted by Gasteiger charge is 2.36. The van der Waals surface area contributed by atoms with Crippen LogP contribution in [-0.2, 0) is 9.59 Å². The van der Waals surface area contributed by atoms with Gasteiger partial charge in [-0.1, -0.05) is 25.4 Å². The largest absolute Gasteiger partial charge is 0.354 e. The number of ketones is 1. The Hall–Kier alpha value is -1.88. The van der Waals surface area contributed by atoms with E-state index in [1.165, 1.54) is 11.0 Å². The van der Waals surface area contributed by atoms with Crippen molar-refractivity contribution in [3.63, 3.8) is 0 Å². The van der Waals surface area contributed by atoms with Gasteiger partial charge in [-0.25, -0.2) is 0 Å². The summed E-state index contributed by atoms with van der Waals surface area (Å²) in [6.07, 6.45) is 0.